The van der Waals surface area contributed by atoms with Crippen molar-refractivity contribution in [2.45, 2.75) is 25.7 Å². The van der Waals surface area contributed by atoms with Gasteiger partial charge in [0.05, 0.1) is 11.4 Å². The van der Waals surface area contributed by atoms with Gasteiger partial charge in [0.1, 0.15) is 11.4 Å². The third kappa shape index (κ3) is 6.41. The molecular weight excluding hydrogens is 669 g/mol. The van der Waals surface area contributed by atoms with Gasteiger partial charge in [0.25, 0.3) is 0 Å². The van der Waals surface area contributed by atoms with E-state index in [1.54, 1.807) is 11.3 Å². The number of carbonyl (C=O) groups is 2. The van der Waals surface area contributed by atoms with Gasteiger partial charge in [-0.2, -0.15) is 0 Å². The highest BCUT2D eigenvalue weighted by atomic mass is 32.1. The van der Waals surface area contributed by atoms with Crippen LogP contribution in [0.2, 0.25) is 0 Å². The molecule has 0 atom stereocenters. The number of fused-ring (bicyclic) bond motifs is 2. The van der Waals surface area contributed by atoms with Crippen LogP contribution in [0.3, 0.4) is 0 Å². The Kier molecular flexibility index (Phi) is 8.62. The summed E-state index contributed by atoms with van der Waals surface area (Å²) in [6, 6.07) is 48.9. The Bertz CT molecular complexity index is 2390. The zero-order valence-corrected chi connectivity index (χ0v) is 29.8. The summed E-state index contributed by atoms with van der Waals surface area (Å²) < 4.78 is 0. The molecule has 4 nitrogen and oxygen atoms in total. The van der Waals surface area contributed by atoms with E-state index < -0.39 is 0 Å². The molecule has 0 aliphatic heterocycles. The largest absolute Gasteiger partial charge is 0.287 e. The van der Waals surface area contributed by atoms with Crippen molar-refractivity contribution in [3.63, 3.8) is 0 Å². The minimum Gasteiger partial charge on any atom is -0.287 e. The summed E-state index contributed by atoms with van der Waals surface area (Å²) in [6.45, 7) is 0. The predicted molar refractivity (Wildman–Crippen MR) is 216 cm³/mol. The number of hydrogen-bond donors (Lipinski definition) is 0. The summed E-state index contributed by atoms with van der Waals surface area (Å²) >= 11 is 1.59. The summed E-state index contributed by atoms with van der Waals surface area (Å²) in [5, 5.41) is 0. The van der Waals surface area contributed by atoms with Gasteiger partial charge in [-0.1, -0.05) is 121 Å². The van der Waals surface area contributed by atoms with E-state index in [2.05, 4.69) is 36.4 Å². The average Bonchev–Trinajstić information content (AvgIpc) is 3.67. The number of pyridine rings is 2. The van der Waals surface area contributed by atoms with Crippen LogP contribution >= 0.6 is 11.3 Å². The molecule has 0 radical (unpaired) electrons. The molecule has 3 aromatic heterocycles. The first kappa shape index (κ1) is 32.6. The second-order valence-corrected chi connectivity index (χ2v) is 14.6. The standard InChI is InChI=1S/C48H34N2O2S/c51-47-35(21-25-39-41(31-13-5-1-6-14-31)29-43(49-45(39)47)33-17-9-3-10-18-33)27-37-23-24-38(53-37)28-36-22-26-40-42(32-15-7-2-8-16-32)30-44(50-46(40)48(36)52)34-19-11-4-12-20-34/h1-20,23-24,27-30H,21-22,25-26H2. The lowest BCUT2D eigenvalue weighted by atomic mass is 9.84. The molecule has 0 amide bonds. The van der Waals surface area contributed by atoms with Crippen LogP contribution in [0.25, 0.3) is 56.9 Å². The molecule has 3 heterocycles. The summed E-state index contributed by atoms with van der Waals surface area (Å²) in [5.74, 6) is -0.0498. The van der Waals surface area contributed by atoms with Crippen molar-refractivity contribution < 1.29 is 9.59 Å². The highest BCUT2D eigenvalue weighted by Gasteiger charge is 2.29. The number of Topliss-reactive ketones (excluding diaryl/α,β-unsaturated/α-hetero) is 2. The van der Waals surface area contributed by atoms with Crippen LogP contribution in [-0.4, -0.2) is 21.5 Å². The van der Waals surface area contributed by atoms with Crippen LogP contribution in [-0.2, 0) is 12.8 Å². The molecule has 0 fully saturated rings. The smallest absolute Gasteiger partial charge is 0.207 e. The van der Waals surface area contributed by atoms with Crippen molar-refractivity contribution in [3.05, 3.63) is 189 Å². The van der Waals surface area contributed by atoms with Crippen molar-refractivity contribution in [2.24, 2.45) is 0 Å². The molecule has 0 spiro atoms. The molecule has 0 saturated heterocycles. The normalized spacial score (nSPS) is 15.4. The number of nitrogens with zero attached hydrogens (tertiary/aromatic N) is 2. The molecule has 9 rings (SSSR count). The summed E-state index contributed by atoms with van der Waals surface area (Å²) in [7, 11) is 0. The number of aromatic nitrogens is 2. The van der Waals surface area contributed by atoms with E-state index >= 15 is 0 Å². The number of allylic oxidation sites excluding steroid dienone is 2. The molecule has 254 valence electrons. The fourth-order valence-electron chi connectivity index (χ4n) is 7.48. The number of benzene rings is 4. The van der Waals surface area contributed by atoms with Crippen molar-refractivity contribution >= 4 is 35.1 Å². The van der Waals surface area contributed by atoms with E-state index in [4.69, 9.17) is 9.97 Å². The first-order valence-electron chi connectivity index (χ1n) is 18.0. The maximum absolute atomic E-state index is 14.1. The van der Waals surface area contributed by atoms with Gasteiger partial charge in [0.2, 0.25) is 11.6 Å². The Hall–Kier alpha value is -6.30. The molecule has 2 aliphatic rings. The number of carbonyl (C=O) groups excluding carboxylic acids is 2. The van der Waals surface area contributed by atoms with E-state index in [9.17, 15) is 9.59 Å². The third-order valence-electron chi connectivity index (χ3n) is 10.1. The van der Waals surface area contributed by atoms with E-state index in [0.29, 0.717) is 24.2 Å². The van der Waals surface area contributed by atoms with Gasteiger partial charge in [-0.25, -0.2) is 9.97 Å². The Labute approximate surface area is 312 Å². The molecule has 5 heteroatoms. The van der Waals surface area contributed by atoms with Crippen molar-refractivity contribution in [1.82, 2.24) is 9.97 Å². The van der Waals surface area contributed by atoms with Gasteiger partial charge in [-0.3, -0.25) is 9.59 Å². The van der Waals surface area contributed by atoms with Crippen LogP contribution in [0.5, 0.6) is 0 Å². The fraction of sp³-hybridized carbons (Fsp3) is 0.0833. The van der Waals surface area contributed by atoms with Crippen LogP contribution < -0.4 is 0 Å². The Morgan fingerprint density at radius 3 is 1.17 bits per heavy atom. The first-order valence-corrected chi connectivity index (χ1v) is 18.8. The van der Waals surface area contributed by atoms with E-state index in [-0.39, 0.29) is 11.6 Å². The highest BCUT2D eigenvalue weighted by molar-refractivity contribution is 7.13. The Morgan fingerprint density at radius 1 is 0.434 bits per heavy atom. The van der Waals surface area contributed by atoms with Gasteiger partial charge in [0, 0.05) is 32.0 Å². The molecule has 0 bridgehead atoms. The third-order valence-corrected chi connectivity index (χ3v) is 11.1. The predicted octanol–water partition coefficient (Wildman–Crippen LogP) is 11.6. The van der Waals surface area contributed by atoms with Crippen molar-refractivity contribution in [3.8, 4) is 44.8 Å². The van der Waals surface area contributed by atoms with E-state index in [1.165, 1.54) is 0 Å². The molecule has 0 saturated carbocycles. The monoisotopic (exact) mass is 702 g/mol. The van der Waals surface area contributed by atoms with Crippen LogP contribution in [0.1, 0.15) is 54.7 Å². The van der Waals surface area contributed by atoms with Crippen LogP contribution in [0, 0.1) is 0 Å². The SMILES string of the molecule is O=C1C(=Cc2ccc(C=C3CCc4c(-c5ccccc5)cc(-c5ccccc5)nc4C3=O)s2)CCc2c(-c3ccccc3)cc(-c3ccccc3)nc21. The second-order valence-electron chi connectivity index (χ2n) is 13.5. The van der Waals surface area contributed by atoms with Crippen molar-refractivity contribution in [2.75, 3.05) is 0 Å². The lowest BCUT2D eigenvalue weighted by Crippen LogP contribution is -2.18. The number of ketones is 2. The minimum atomic E-state index is -0.0249. The quantitative estimate of drug-likeness (QED) is 0.162. The molecular formula is C48H34N2O2S. The Balaban J connectivity index is 1.03. The first-order chi connectivity index (χ1) is 26.1. The van der Waals surface area contributed by atoms with Gasteiger partial charge in [-0.15, -0.1) is 11.3 Å². The van der Waals surface area contributed by atoms with Gasteiger partial charge in [0.15, 0.2) is 0 Å². The Morgan fingerprint density at radius 2 is 0.792 bits per heavy atom. The van der Waals surface area contributed by atoms with Crippen LogP contribution in [0.15, 0.2) is 157 Å². The van der Waals surface area contributed by atoms with Gasteiger partial charge in [-0.05, 0) is 95.5 Å². The molecule has 2 aliphatic carbocycles. The molecule has 0 N–H and O–H groups in total. The summed E-state index contributed by atoms with van der Waals surface area (Å²) in [5.41, 5.74) is 12.4. The number of thiophene rings is 1. The van der Waals surface area contributed by atoms with E-state index in [1.807, 2.05) is 121 Å². The fourth-order valence-corrected chi connectivity index (χ4v) is 8.43. The van der Waals surface area contributed by atoms with E-state index in [0.717, 1.165) is 89.6 Å². The minimum absolute atomic E-state index is 0.0249. The maximum Gasteiger partial charge on any atom is 0.207 e. The maximum atomic E-state index is 14.1. The molecule has 7 aromatic rings. The van der Waals surface area contributed by atoms with Gasteiger partial charge >= 0.3 is 0 Å². The van der Waals surface area contributed by atoms with Crippen LogP contribution in [0.4, 0.5) is 0 Å². The topological polar surface area (TPSA) is 59.9 Å². The zero-order chi connectivity index (χ0) is 35.7. The second kappa shape index (κ2) is 14.0. The summed E-state index contributed by atoms with van der Waals surface area (Å²) in [6.07, 6.45) is 6.77. The van der Waals surface area contributed by atoms with Crippen molar-refractivity contribution in [1.29, 1.82) is 0 Å². The lowest BCUT2D eigenvalue weighted by Gasteiger charge is -2.21. The highest BCUT2D eigenvalue weighted by Crippen LogP contribution is 2.39. The molecule has 4 aromatic carbocycles. The molecule has 0 unspecified atom stereocenters. The average molecular weight is 703 g/mol. The lowest BCUT2D eigenvalue weighted by molar-refractivity contribution is 0.101. The van der Waals surface area contributed by atoms with Gasteiger partial charge < -0.3 is 0 Å². The number of rotatable bonds is 6. The zero-order valence-electron chi connectivity index (χ0n) is 29.0. The number of hydrogen-bond acceptors (Lipinski definition) is 5. The summed E-state index contributed by atoms with van der Waals surface area (Å²) in [4.78, 5) is 40.2. The molecule has 53 heavy (non-hydrogen) atoms.